The third-order valence-corrected chi connectivity index (χ3v) is 2.90. The smallest absolute Gasteiger partial charge is 0.107 e. The Kier molecular flexibility index (Phi) is 4.57. The molecule has 0 aromatic heterocycles. The second-order valence-electron chi connectivity index (χ2n) is 3.57. The molecule has 1 aromatic carbocycles. The molecule has 1 aromatic rings. The maximum absolute atomic E-state index is 9.87. The summed E-state index contributed by atoms with van der Waals surface area (Å²) in [6, 6.07) is 5.44. The molecule has 0 aliphatic heterocycles. The summed E-state index contributed by atoms with van der Waals surface area (Å²) in [5.41, 5.74) is 7.90. The van der Waals surface area contributed by atoms with Crippen LogP contribution in [0.3, 0.4) is 0 Å². The maximum atomic E-state index is 9.87. The first-order valence-corrected chi connectivity index (χ1v) is 5.97. The van der Waals surface area contributed by atoms with E-state index in [4.69, 9.17) is 5.73 Å². The molecule has 0 aliphatic rings. The van der Waals surface area contributed by atoms with E-state index in [1.165, 1.54) is 0 Å². The van der Waals surface area contributed by atoms with Crippen molar-refractivity contribution in [1.29, 1.82) is 0 Å². The SMILES string of the molecule is Cc1cccc(C(O)C(O)CCBr)c1N. The Hall–Kier alpha value is -0.580. The van der Waals surface area contributed by atoms with E-state index < -0.39 is 12.2 Å². The summed E-state index contributed by atoms with van der Waals surface area (Å²) in [6.45, 7) is 1.88. The number of nitrogen functional groups attached to an aromatic ring is 1. The molecule has 0 spiro atoms. The third-order valence-electron chi connectivity index (χ3n) is 2.45. The predicted molar refractivity (Wildman–Crippen MR) is 65.0 cm³/mol. The van der Waals surface area contributed by atoms with Crippen molar-refractivity contribution in [3.05, 3.63) is 29.3 Å². The Morgan fingerprint density at radius 2 is 2.07 bits per heavy atom. The van der Waals surface area contributed by atoms with Crippen molar-refractivity contribution in [2.45, 2.75) is 25.6 Å². The van der Waals surface area contributed by atoms with Crippen molar-refractivity contribution < 1.29 is 10.2 Å². The van der Waals surface area contributed by atoms with E-state index in [9.17, 15) is 10.2 Å². The Bertz CT molecular complexity index is 330. The molecule has 1 rings (SSSR count). The van der Waals surface area contributed by atoms with Crippen LogP contribution in [-0.4, -0.2) is 21.6 Å². The van der Waals surface area contributed by atoms with E-state index in [-0.39, 0.29) is 0 Å². The molecule has 3 nitrogen and oxygen atoms in total. The fourth-order valence-corrected chi connectivity index (χ4v) is 1.91. The number of hydrogen-bond donors (Lipinski definition) is 3. The predicted octanol–water partition coefficient (Wildman–Crippen LogP) is 1.76. The van der Waals surface area contributed by atoms with Crippen molar-refractivity contribution in [3.8, 4) is 0 Å². The molecule has 0 heterocycles. The van der Waals surface area contributed by atoms with E-state index in [1.54, 1.807) is 6.07 Å². The van der Waals surface area contributed by atoms with Gasteiger partial charge in [0.25, 0.3) is 0 Å². The summed E-state index contributed by atoms with van der Waals surface area (Å²) in [7, 11) is 0. The fraction of sp³-hybridized carbons (Fsp3) is 0.455. The largest absolute Gasteiger partial charge is 0.398 e. The van der Waals surface area contributed by atoms with Crippen molar-refractivity contribution in [1.82, 2.24) is 0 Å². The normalized spacial score (nSPS) is 14.9. The summed E-state index contributed by atoms with van der Waals surface area (Å²) in [5, 5.41) is 20.2. The van der Waals surface area contributed by atoms with Crippen LogP contribution in [-0.2, 0) is 0 Å². The lowest BCUT2D eigenvalue weighted by Gasteiger charge is -2.19. The molecule has 0 amide bonds. The van der Waals surface area contributed by atoms with Crippen molar-refractivity contribution in [2.24, 2.45) is 0 Å². The summed E-state index contributed by atoms with van der Waals surface area (Å²) in [4.78, 5) is 0. The van der Waals surface area contributed by atoms with Crippen LogP contribution in [0.25, 0.3) is 0 Å². The van der Waals surface area contributed by atoms with Crippen LogP contribution in [0.5, 0.6) is 0 Å². The molecule has 84 valence electrons. The number of para-hydroxylation sites is 1. The van der Waals surface area contributed by atoms with Crippen LogP contribution in [0.1, 0.15) is 23.7 Å². The maximum Gasteiger partial charge on any atom is 0.107 e. The minimum absolute atomic E-state index is 0.495. The highest BCUT2D eigenvalue weighted by atomic mass is 79.9. The molecule has 0 radical (unpaired) electrons. The van der Waals surface area contributed by atoms with Gasteiger partial charge in [-0.1, -0.05) is 34.1 Å². The van der Waals surface area contributed by atoms with Gasteiger partial charge in [-0.2, -0.15) is 0 Å². The van der Waals surface area contributed by atoms with Gasteiger partial charge in [0.1, 0.15) is 6.10 Å². The second kappa shape index (κ2) is 5.49. The van der Waals surface area contributed by atoms with Crippen molar-refractivity contribution in [3.63, 3.8) is 0 Å². The Morgan fingerprint density at radius 1 is 1.40 bits per heavy atom. The van der Waals surface area contributed by atoms with Crippen LogP contribution in [0, 0.1) is 6.92 Å². The lowest BCUT2D eigenvalue weighted by molar-refractivity contribution is 0.0178. The van der Waals surface area contributed by atoms with Gasteiger partial charge in [-0.25, -0.2) is 0 Å². The molecular weight excluding hydrogens is 258 g/mol. The average molecular weight is 274 g/mol. The van der Waals surface area contributed by atoms with Gasteiger partial charge in [-0.05, 0) is 18.9 Å². The number of hydrogen-bond acceptors (Lipinski definition) is 3. The van der Waals surface area contributed by atoms with Gasteiger partial charge in [0, 0.05) is 16.6 Å². The highest BCUT2D eigenvalue weighted by Gasteiger charge is 2.20. The van der Waals surface area contributed by atoms with Crippen LogP contribution in [0.2, 0.25) is 0 Å². The monoisotopic (exact) mass is 273 g/mol. The molecule has 0 bridgehead atoms. The van der Waals surface area contributed by atoms with Gasteiger partial charge < -0.3 is 15.9 Å². The first-order valence-electron chi connectivity index (χ1n) is 4.85. The number of halogens is 1. The topological polar surface area (TPSA) is 66.5 Å². The Labute approximate surface area is 98.1 Å². The molecule has 0 saturated heterocycles. The summed E-state index contributed by atoms with van der Waals surface area (Å²) in [5.74, 6) is 0. The average Bonchev–Trinajstić information content (AvgIpc) is 2.21. The quantitative estimate of drug-likeness (QED) is 0.579. The lowest BCUT2D eigenvalue weighted by atomic mass is 9.99. The van der Waals surface area contributed by atoms with Gasteiger partial charge in [0.2, 0.25) is 0 Å². The van der Waals surface area contributed by atoms with Crippen molar-refractivity contribution >= 4 is 21.6 Å². The third kappa shape index (κ3) is 2.93. The van der Waals surface area contributed by atoms with E-state index in [2.05, 4.69) is 15.9 Å². The van der Waals surface area contributed by atoms with Crippen LogP contribution < -0.4 is 5.73 Å². The van der Waals surface area contributed by atoms with Gasteiger partial charge in [0.15, 0.2) is 0 Å². The molecule has 4 heteroatoms. The molecule has 0 fully saturated rings. The zero-order valence-corrected chi connectivity index (χ0v) is 10.2. The summed E-state index contributed by atoms with van der Waals surface area (Å²) >= 11 is 3.22. The zero-order chi connectivity index (χ0) is 11.4. The minimum Gasteiger partial charge on any atom is -0.398 e. The molecule has 4 N–H and O–H groups in total. The highest BCUT2D eigenvalue weighted by Crippen LogP contribution is 2.26. The first-order chi connectivity index (χ1) is 7.07. The number of nitrogens with two attached hydrogens (primary N) is 1. The van der Waals surface area contributed by atoms with Gasteiger partial charge in [-0.15, -0.1) is 0 Å². The van der Waals surface area contributed by atoms with Crippen molar-refractivity contribution in [2.75, 3.05) is 11.1 Å². The second-order valence-corrected chi connectivity index (χ2v) is 4.36. The molecule has 0 saturated carbocycles. The van der Waals surface area contributed by atoms with Gasteiger partial charge in [0.05, 0.1) is 6.10 Å². The van der Waals surface area contributed by atoms with E-state index in [1.807, 2.05) is 19.1 Å². The van der Waals surface area contributed by atoms with E-state index in [0.717, 1.165) is 5.56 Å². The van der Waals surface area contributed by atoms with Gasteiger partial charge in [-0.3, -0.25) is 0 Å². The number of aliphatic hydroxyl groups excluding tert-OH is 2. The zero-order valence-electron chi connectivity index (χ0n) is 8.65. The molecule has 2 unspecified atom stereocenters. The van der Waals surface area contributed by atoms with Crippen LogP contribution >= 0.6 is 15.9 Å². The first kappa shape index (κ1) is 12.5. The van der Waals surface area contributed by atoms with E-state index in [0.29, 0.717) is 23.0 Å². The summed E-state index contributed by atoms with van der Waals surface area (Å²) < 4.78 is 0. The number of aryl methyl sites for hydroxylation is 1. The van der Waals surface area contributed by atoms with Gasteiger partial charge >= 0.3 is 0 Å². The highest BCUT2D eigenvalue weighted by molar-refractivity contribution is 9.09. The number of aliphatic hydroxyl groups is 2. The van der Waals surface area contributed by atoms with Crippen LogP contribution in [0.4, 0.5) is 5.69 Å². The minimum atomic E-state index is -0.914. The Morgan fingerprint density at radius 3 is 2.67 bits per heavy atom. The molecular formula is C11H16BrNO2. The molecule has 15 heavy (non-hydrogen) atoms. The summed E-state index contributed by atoms with van der Waals surface area (Å²) in [6.07, 6.45) is -1.20. The number of anilines is 1. The Balaban J connectivity index is 2.90. The molecule has 0 aliphatic carbocycles. The molecule has 2 atom stereocenters. The van der Waals surface area contributed by atoms with E-state index >= 15 is 0 Å². The fourth-order valence-electron chi connectivity index (χ4n) is 1.44. The lowest BCUT2D eigenvalue weighted by Crippen LogP contribution is -2.20. The number of rotatable bonds is 4. The van der Waals surface area contributed by atoms with Crippen LogP contribution in [0.15, 0.2) is 18.2 Å². The number of alkyl halides is 1. The standard InChI is InChI=1S/C11H16BrNO2/c1-7-3-2-4-8(10(7)13)11(15)9(14)5-6-12/h2-4,9,11,14-15H,5-6,13H2,1H3. The number of benzene rings is 1.